The number of hydrogen-bond donors (Lipinski definition) is 1. The smallest absolute Gasteiger partial charge is 0.221 e. The van der Waals surface area contributed by atoms with Gasteiger partial charge in [0, 0.05) is 6.54 Å². The summed E-state index contributed by atoms with van der Waals surface area (Å²) < 4.78 is 5.99. The van der Waals surface area contributed by atoms with Gasteiger partial charge in [-0.25, -0.2) is 4.98 Å². The predicted molar refractivity (Wildman–Crippen MR) is 82.2 cm³/mol. The number of nitrogens with one attached hydrogen (secondary N) is 1. The Labute approximate surface area is 121 Å². The van der Waals surface area contributed by atoms with Crippen molar-refractivity contribution in [1.29, 1.82) is 0 Å². The molecule has 0 saturated carbocycles. The zero-order chi connectivity index (χ0) is 14.5. The molecule has 0 spiro atoms. The van der Waals surface area contributed by atoms with Crippen LogP contribution in [0, 0.1) is 25.7 Å². The van der Waals surface area contributed by atoms with Gasteiger partial charge in [0.2, 0.25) is 5.88 Å². The molecule has 1 aliphatic rings. The molecule has 0 aliphatic heterocycles. The summed E-state index contributed by atoms with van der Waals surface area (Å²) in [5.74, 6) is 3.61. The molecule has 1 aromatic rings. The van der Waals surface area contributed by atoms with Crippen molar-refractivity contribution >= 4 is 5.82 Å². The second-order valence-corrected chi connectivity index (χ2v) is 5.57. The molecule has 4 nitrogen and oxygen atoms in total. The summed E-state index contributed by atoms with van der Waals surface area (Å²) in [5.41, 5.74) is 0.997. The highest BCUT2D eigenvalue weighted by atomic mass is 16.5. The van der Waals surface area contributed by atoms with E-state index in [4.69, 9.17) is 4.74 Å². The fourth-order valence-corrected chi connectivity index (χ4v) is 2.51. The highest BCUT2D eigenvalue weighted by molar-refractivity contribution is 5.48. The molecule has 1 aliphatic carbocycles. The number of anilines is 1. The van der Waals surface area contributed by atoms with E-state index in [2.05, 4.69) is 41.3 Å². The van der Waals surface area contributed by atoms with Crippen molar-refractivity contribution in [2.24, 2.45) is 11.8 Å². The van der Waals surface area contributed by atoms with Gasteiger partial charge in [-0.05, 0) is 45.4 Å². The molecule has 2 atom stereocenters. The van der Waals surface area contributed by atoms with Crippen molar-refractivity contribution in [2.45, 2.75) is 40.5 Å². The molecule has 0 bridgehead atoms. The Balaban J connectivity index is 2.07. The van der Waals surface area contributed by atoms with Crippen LogP contribution in [-0.2, 0) is 0 Å². The van der Waals surface area contributed by atoms with Crippen LogP contribution in [0.4, 0.5) is 5.82 Å². The third kappa shape index (κ3) is 3.50. The van der Waals surface area contributed by atoms with Gasteiger partial charge in [0.25, 0.3) is 0 Å². The minimum atomic E-state index is 0.581. The molecular weight excluding hydrogens is 250 g/mol. The minimum absolute atomic E-state index is 0.581. The van der Waals surface area contributed by atoms with Crippen molar-refractivity contribution in [1.82, 2.24) is 9.97 Å². The Morgan fingerprint density at radius 1 is 1.25 bits per heavy atom. The van der Waals surface area contributed by atoms with E-state index in [0.29, 0.717) is 11.8 Å². The lowest BCUT2D eigenvalue weighted by Crippen LogP contribution is -2.22. The van der Waals surface area contributed by atoms with E-state index >= 15 is 0 Å². The zero-order valence-corrected chi connectivity index (χ0v) is 12.9. The Morgan fingerprint density at radius 2 is 2.00 bits per heavy atom. The van der Waals surface area contributed by atoms with Gasteiger partial charge in [0.1, 0.15) is 11.6 Å². The summed E-state index contributed by atoms with van der Waals surface area (Å²) in [6, 6.07) is 0. The third-order valence-corrected chi connectivity index (χ3v) is 3.91. The van der Waals surface area contributed by atoms with E-state index in [1.165, 1.54) is 0 Å². The van der Waals surface area contributed by atoms with Gasteiger partial charge < -0.3 is 10.1 Å². The highest BCUT2D eigenvalue weighted by Crippen LogP contribution is 2.27. The maximum absolute atomic E-state index is 5.99. The molecule has 1 N–H and O–H groups in total. The van der Waals surface area contributed by atoms with Crippen LogP contribution in [0.5, 0.6) is 5.88 Å². The van der Waals surface area contributed by atoms with Crippen LogP contribution in [0.2, 0.25) is 0 Å². The highest BCUT2D eigenvalue weighted by Gasteiger charge is 2.20. The Kier molecular flexibility index (Phi) is 4.99. The standard InChI is InChI=1S/C16H25N3O/c1-5-17-15-12(3)16(19-13(4)18-15)20-10-14-9-7-6-8-11(14)2/h6-7,11,14H,5,8-10H2,1-4H3,(H,17,18,19). The van der Waals surface area contributed by atoms with Crippen molar-refractivity contribution in [2.75, 3.05) is 18.5 Å². The van der Waals surface area contributed by atoms with E-state index in [1.54, 1.807) is 0 Å². The van der Waals surface area contributed by atoms with Crippen molar-refractivity contribution in [3.63, 3.8) is 0 Å². The molecular formula is C16H25N3O. The molecule has 1 heterocycles. The van der Waals surface area contributed by atoms with E-state index < -0.39 is 0 Å². The summed E-state index contributed by atoms with van der Waals surface area (Å²) in [5, 5.41) is 3.26. The number of allylic oxidation sites excluding steroid dienone is 2. The molecule has 0 radical (unpaired) electrons. The molecule has 0 fully saturated rings. The molecule has 1 aromatic heterocycles. The SMILES string of the molecule is CCNc1nc(C)nc(OCC2CC=CCC2C)c1C. The van der Waals surface area contributed by atoms with Gasteiger partial charge in [0.05, 0.1) is 12.2 Å². The summed E-state index contributed by atoms with van der Waals surface area (Å²) in [6.07, 6.45) is 6.78. The molecule has 0 aromatic carbocycles. The van der Waals surface area contributed by atoms with Crippen LogP contribution in [-0.4, -0.2) is 23.1 Å². The summed E-state index contributed by atoms with van der Waals surface area (Å²) >= 11 is 0. The molecule has 110 valence electrons. The van der Waals surface area contributed by atoms with Crippen LogP contribution in [0.15, 0.2) is 12.2 Å². The van der Waals surface area contributed by atoms with E-state index in [1.807, 2.05) is 13.8 Å². The lowest BCUT2D eigenvalue weighted by atomic mass is 9.85. The van der Waals surface area contributed by atoms with E-state index in [9.17, 15) is 0 Å². The topological polar surface area (TPSA) is 47.0 Å². The first-order chi connectivity index (χ1) is 9.61. The summed E-state index contributed by atoms with van der Waals surface area (Å²) in [4.78, 5) is 8.85. The van der Waals surface area contributed by atoms with Crippen molar-refractivity contribution in [3.05, 3.63) is 23.5 Å². The van der Waals surface area contributed by atoms with E-state index in [-0.39, 0.29) is 0 Å². The third-order valence-electron chi connectivity index (χ3n) is 3.91. The Bertz CT molecular complexity index is 485. The van der Waals surface area contributed by atoms with Gasteiger partial charge >= 0.3 is 0 Å². The number of rotatable bonds is 5. The summed E-state index contributed by atoms with van der Waals surface area (Å²) in [6.45, 7) is 9.85. The summed E-state index contributed by atoms with van der Waals surface area (Å²) in [7, 11) is 0. The maximum atomic E-state index is 5.99. The number of aryl methyl sites for hydroxylation is 1. The van der Waals surface area contributed by atoms with Crippen LogP contribution in [0.25, 0.3) is 0 Å². The molecule has 20 heavy (non-hydrogen) atoms. The number of ether oxygens (including phenoxy) is 1. The van der Waals surface area contributed by atoms with Crippen LogP contribution >= 0.6 is 0 Å². The van der Waals surface area contributed by atoms with Gasteiger partial charge in [-0.15, -0.1) is 0 Å². The predicted octanol–water partition coefficient (Wildman–Crippen LogP) is 3.51. The lowest BCUT2D eigenvalue weighted by Gasteiger charge is -2.25. The van der Waals surface area contributed by atoms with Gasteiger partial charge in [-0.2, -0.15) is 4.98 Å². The Morgan fingerprint density at radius 3 is 2.70 bits per heavy atom. The van der Waals surface area contributed by atoms with Crippen molar-refractivity contribution in [3.8, 4) is 5.88 Å². The number of nitrogens with zero attached hydrogens (tertiary/aromatic N) is 2. The largest absolute Gasteiger partial charge is 0.477 e. The van der Waals surface area contributed by atoms with Gasteiger partial charge in [-0.1, -0.05) is 19.1 Å². The second kappa shape index (κ2) is 6.73. The first-order valence-corrected chi connectivity index (χ1v) is 7.48. The second-order valence-electron chi connectivity index (χ2n) is 5.57. The molecule has 0 saturated heterocycles. The van der Waals surface area contributed by atoms with Crippen molar-refractivity contribution < 1.29 is 4.74 Å². The fraction of sp³-hybridized carbons (Fsp3) is 0.625. The Hall–Kier alpha value is -1.58. The first kappa shape index (κ1) is 14.8. The monoisotopic (exact) mass is 275 g/mol. The average Bonchev–Trinajstić information content (AvgIpc) is 2.42. The molecule has 2 unspecified atom stereocenters. The minimum Gasteiger partial charge on any atom is -0.477 e. The number of aromatic nitrogens is 2. The van der Waals surface area contributed by atoms with Crippen LogP contribution in [0.3, 0.4) is 0 Å². The maximum Gasteiger partial charge on any atom is 0.221 e. The lowest BCUT2D eigenvalue weighted by molar-refractivity contribution is 0.191. The first-order valence-electron chi connectivity index (χ1n) is 7.48. The molecule has 2 rings (SSSR count). The van der Waals surface area contributed by atoms with Crippen LogP contribution in [0.1, 0.15) is 38.1 Å². The molecule has 4 heteroatoms. The molecule has 0 amide bonds. The average molecular weight is 275 g/mol. The normalized spacial score (nSPS) is 21.8. The zero-order valence-electron chi connectivity index (χ0n) is 12.9. The number of hydrogen-bond acceptors (Lipinski definition) is 4. The van der Waals surface area contributed by atoms with Gasteiger partial charge in [-0.3, -0.25) is 0 Å². The van der Waals surface area contributed by atoms with Gasteiger partial charge in [0.15, 0.2) is 0 Å². The fourth-order valence-electron chi connectivity index (χ4n) is 2.51. The van der Waals surface area contributed by atoms with Crippen LogP contribution < -0.4 is 10.1 Å². The quantitative estimate of drug-likeness (QED) is 0.835. The van der Waals surface area contributed by atoms with E-state index in [0.717, 1.165) is 49.1 Å².